The molecule has 0 aliphatic carbocycles. The third-order valence-corrected chi connectivity index (χ3v) is 5.12. The minimum atomic E-state index is -0.225. The second-order valence-corrected chi connectivity index (χ2v) is 7.82. The molecule has 0 aliphatic heterocycles. The molecule has 138 valence electrons. The Labute approximate surface area is 175 Å². The van der Waals surface area contributed by atoms with Crippen molar-refractivity contribution in [3.63, 3.8) is 0 Å². The third-order valence-electron chi connectivity index (χ3n) is 3.78. The van der Waals surface area contributed by atoms with Gasteiger partial charge in [-0.05, 0) is 61.1 Å². The highest BCUT2D eigenvalue weighted by atomic mass is 79.9. The Balaban J connectivity index is 1.53. The van der Waals surface area contributed by atoms with Crippen LogP contribution >= 0.6 is 39.5 Å². The van der Waals surface area contributed by atoms with Gasteiger partial charge in [-0.25, -0.2) is 4.98 Å². The molecular formula is C19H17BrN4OS2. The van der Waals surface area contributed by atoms with Crippen molar-refractivity contribution in [1.29, 1.82) is 0 Å². The maximum Gasteiger partial charge on any atom is 0.275 e. The van der Waals surface area contributed by atoms with Gasteiger partial charge in [-0.15, -0.1) is 11.3 Å². The number of nitrogens with one attached hydrogen (secondary N) is 3. The van der Waals surface area contributed by atoms with Crippen molar-refractivity contribution in [2.75, 3.05) is 10.6 Å². The van der Waals surface area contributed by atoms with Gasteiger partial charge in [-0.1, -0.05) is 28.1 Å². The molecule has 1 unspecified atom stereocenters. The molecule has 1 atom stereocenters. The van der Waals surface area contributed by atoms with Gasteiger partial charge >= 0.3 is 0 Å². The van der Waals surface area contributed by atoms with E-state index in [0.29, 0.717) is 16.5 Å². The standard InChI is InChI=1S/C19H17BrN4OS2/c1-12(13-2-4-14(20)5-3-13)22-19(26)24-16-8-6-15(7-9-16)23-18(25)17-10-27-11-21-17/h2-12H,1H3,(H,23,25)(H2,22,24,26). The molecule has 3 aromatic rings. The molecule has 2 aromatic carbocycles. The van der Waals surface area contributed by atoms with E-state index in [1.165, 1.54) is 11.3 Å². The van der Waals surface area contributed by atoms with Crippen LogP contribution < -0.4 is 16.0 Å². The largest absolute Gasteiger partial charge is 0.356 e. The summed E-state index contributed by atoms with van der Waals surface area (Å²) in [7, 11) is 0. The Morgan fingerprint density at radius 1 is 1.07 bits per heavy atom. The number of amides is 1. The Hall–Kier alpha value is -2.29. The lowest BCUT2D eigenvalue weighted by molar-refractivity contribution is 0.102. The zero-order valence-electron chi connectivity index (χ0n) is 14.4. The molecule has 8 heteroatoms. The molecule has 1 heterocycles. The number of thiocarbonyl (C=S) groups is 1. The first kappa shape index (κ1) is 19.5. The van der Waals surface area contributed by atoms with Crippen LogP contribution in [0.15, 0.2) is 63.9 Å². The minimum Gasteiger partial charge on any atom is -0.356 e. The van der Waals surface area contributed by atoms with Crippen LogP contribution in [0.3, 0.4) is 0 Å². The van der Waals surface area contributed by atoms with Gasteiger partial charge in [-0.3, -0.25) is 4.79 Å². The topological polar surface area (TPSA) is 66.0 Å². The number of halogens is 1. The summed E-state index contributed by atoms with van der Waals surface area (Å²) in [6.45, 7) is 2.05. The Kier molecular flexibility index (Phi) is 6.54. The molecule has 1 amide bonds. The number of thiazole rings is 1. The highest BCUT2D eigenvalue weighted by Gasteiger charge is 2.09. The highest BCUT2D eigenvalue weighted by Crippen LogP contribution is 2.18. The first-order chi connectivity index (χ1) is 13.0. The van der Waals surface area contributed by atoms with Crippen molar-refractivity contribution in [3.05, 3.63) is 75.2 Å². The molecule has 0 spiro atoms. The summed E-state index contributed by atoms with van der Waals surface area (Å²) < 4.78 is 1.04. The van der Waals surface area contributed by atoms with Crippen molar-refractivity contribution < 1.29 is 4.79 Å². The number of anilines is 2. The molecule has 1 aromatic heterocycles. The van der Waals surface area contributed by atoms with E-state index in [1.54, 1.807) is 10.9 Å². The van der Waals surface area contributed by atoms with Crippen LogP contribution in [-0.4, -0.2) is 16.0 Å². The average Bonchev–Trinajstić information content (AvgIpc) is 3.18. The number of hydrogen-bond acceptors (Lipinski definition) is 4. The number of carbonyl (C=O) groups excluding carboxylic acids is 1. The SMILES string of the molecule is CC(NC(=S)Nc1ccc(NC(=O)c2cscn2)cc1)c1ccc(Br)cc1. The van der Waals surface area contributed by atoms with E-state index in [-0.39, 0.29) is 11.9 Å². The van der Waals surface area contributed by atoms with E-state index in [9.17, 15) is 4.79 Å². The average molecular weight is 461 g/mol. The van der Waals surface area contributed by atoms with Gasteiger partial charge in [0.1, 0.15) is 5.69 Å². The van der Waals surface area contributed by atoms with Crippen LogP contribution in [0.4, 0.5) is 11.4 Å². The predicted octanol–water partition coefficient (Wildman–Crippen LogP) is 5.21. The normalized spacial score (nSPS) is 11.5. The van der Waals surface area contributed by atoms with Crippen LogP contribution in [-0.2, 0) is 0 Å². The Morgan fingerprint density at radius 2 is 1.70 bits per heavy atom. The highest BCUT2D eigenvalue weighted by molar-refractivity contribution is 9.10. The van der Waals surface area contributed by atoms with Crippen molar-refractivity contribution in [3.8, 4) is 0 Å². The van der Waals surface area contributed by atoms with E-state index in [0.717, 1.165) is 15.7 Å². The van der Waals surface area contributed by atoms with Gasteiger partial charge < -0.3 is 16.0 Å². The lowest BCUT2D eigenvalue weighted by Gasteiger charge is -2.17. The van der Waals surface area contributed by atoms with Gasteiger partial charge in [-0.2, -0.15) is 0 Å². The zero-order valence-corrected chi connectivity index (χ0v) is 17.6. The molecular weight excluding hydrogens is 444 g/mol. The molecule has 0 bridgehead atoms. The van der Waals surface area contributed by atoms with E-state index in [1.807, 2.05) is 55.5 Å². The van der Waals surface area contributed by atoms with Gasteiger partial charge in [0.15, 0.2) is 5.11 Å². The van der Waals surface area contributed by atoms with E-state index in [2.05, 4.69) is 36.9 Å². The number of nitrogens with zero attached hydrogens (tertiary/aromatic N) is 1. The number of benzene rings is 2. The molecule has 3 rings (SSSR count). The summed E-state index contributed by atoms with van der Waals surface area (Å²) >= 11 is 10.2. The zero-order chi connectivity index (χ0) is 19.2. The summed E-state index contributed by atoms with van der Waals surface area (Å²) in [5, 5.41) is 11.5. The minimum absolute atomic E-state index is 0.0785. The smallest absolute Gasteiger partial charge is 0.275 e. The third kappa shape index (κ3) is 5.59. The Bertz CT molecular complexity index is 912. The van der Waals surface area contributed by atoms with Crippen LogP contribution in [0.2, 0.25) is 0 Å². The number of aromatic nitrogens is 1. The van der Waals surface area contributed by atoms with Crippen LogP contribution in [0.1, 0.15) is 29.0 Å². The summed E-state index contributed by atoms with van der Waals surface area (Å²) in [6, 6.07) is 15.5. The molecule has 0 aliphatic rings. The maximum atomic E-state index is 12.0. The monoisotopic (exact) mass is 460 g/mol. The second-order valence-electron chi connectivity index (χ2n) is 5.78. The van der Waals surface area contributed by atoms with Crippen molar-refractivity contribution >= 4 is 61.9 Å². The first-order valence-electron chi connectivity index (χ1n) is 8.14. The van der Waals surface area contributed by atoms with E-state index < -0.39 is 0 Å². The van der Waals surface area contributed by atoms with Gasteiger partial charge in [0.2, 0.25) is 0 Å². The van der Waals surface area contributed by atoms with E-state index in [4.69, 9.17) is 12.2 Å². The van der Waals surface area contributed by atoms with E-state index >= 15 is 0 Å². The lowest BCUT2D eigenvalue weighted by atomic mass is 10.1. The summed E-state index contributed by atoms with van der Waals surface area (Å²) in [5.74, 6) is -0.225. The van der Waals surface area contributed by atoms with Crippen molar-refractivity contribution in [2.45, 2.75) is 13.0 Å². The molecule has 0 saturated carbocycles. The number of carbonyl (C=O) groups is 1. The van der Waals surface area contributed by atoms with Crippen molar-refractivity contribution in [1.82, 2.24) is 10.3 Å². The van der Waals surface area contributed by atoms with Gasteiger partial charge in [0, 0.05) is 21.2 Å². The fourth-order valence-corrected chi connectivity index (χ4v) is 3.45. The molecule has 5 nitrogen and oxygen atoms in total. The van der Waals surface area contributed by atoms with Crippen LogP contribution in [0, 0.1) is 0 Å². The predicted molar refractivity (Wildman–Crippen MR) is 118 cm³/mol. The molecule has 0 saturated heterocycles. The quantitative estimate of drug-likeness (QED) is 0.456. The number of rotatable bonds is 5. The van der Waals surface area contributed by atoms with Crippen LogP contribution in [0.5, 0.6) is 0 Å². The Morgan fingerprint density at radius 3 is 2.30 bits per heavy atom. The first-order valence-corrected chi connectivity index (χ1v) is 10.3. The van der Waals surface area contributed by atoms with Crippen molar-refractivity contribution in [2.24, 2.45) is 0 Å². The summed E-state index contributed by atoms with van der Waals surface area (Å²) in [4.78, 5) is 16.0. The molecule has 0 fully saturated rings. The fourth-order valence-electron chi connectivity index (χ4n) is 2.36. The summed E-state index contributed by atoms with van der Waals surface area (Å²) in [6.07, 6.45) is 0. The van der Waals surface area contributed by atoms with Crippen LogP contribution in [0.25, 0.3) is 0 Å². The van der Waals surface area contributed by atoms with Gasteiger partial charge in [0.25, 0.3) is 5.91 Å². The fraction of sp³-hybridized carbons (Fsp3) is 0.105. The second kappa shape index (κ2) is 9.07. The maximum absolute atomic E-state index is 12.0. The lowest BCUT2D eigenvalue weighted by Crippen LogP contribution is -2.30. The summed E-state index contributed by atoms with van der Waals surface area (Å²) in [5.41, 5.74) is 4.71. The number of hydrogen-bond donors (Lipinski definition) is 3. The molecule has 3 N–H and O–H groups in total. The molecule has 27 heavy (non-hydrogen) atoms. The molecule has 0 radical (unpaired) electrons. The van der Waals surface area contributed by atoms with Gasteiger partial charge in [0.05, 0.1) is 11.6 Å².